The number of hydrogen-bond acceptors (Lipinski definition) is 9. The second kappa shape index (κ2) is 19.5. The highest BCUT2D eigenvalue weighted by Crippen LogP contribution is 2.15. The second-order valence-electron chi connectivity index (χ2n) is 12.8. The van der Waals surface area contributed by atoms with Crippen LogP contribution in [0.5, 0.6) is 0 Å². The van der Waals surface area contributed by atoms with Crippen LogP contribution in [0.2, 0.25) is 0 Å². The van der Waals surface area contributed by atoms with Crippen LogP contribution in [-0.2, 0) is 48.2 Å². The summed E-state index contributed by atoms with van der Waals surface area (Å²) in [5.74, 6) is -3.04. The number of alkyl carbamates (subject to hydrolysis) is 1. The van der Waals surface area contributed by atoms with Crippen LogP contribution in [-0.4, -0.2) is 82.1 Å². The van der Waals surface area contributed by atoms with E-state index in [1.807, 2.05) is 12.1 Å². The Bertz CT molecular complexity index is 1610. The van der Waals surface area contributed by atoms with E-state index in [1.165, 1.54) is 7.05 Å². The Hall–Kier alpha value is -5.72. The SMILES string of the molecule is CN(C(=O)[C@H](CCCN(C(=N)CC(=O)OCc1ccccc1)C(=O)OCc1ccccc1)NC(=O)OC(C)(C)C)[C@@H](Cc1ccccc1)C(=O)O. The number of carbonyl (C=O) groups excluding carboxylic acids is 4. The maximum absolute atomic E-state index is 13.8. The van der Waals surface area contributed by atoms with E-state index in [1.54, 1.807) is 99.6 Å². The lowest BCUT2D eigenvalue weighted by atomic mass is 10.0. The number of amidine groups is 1. The summed E-state index contributed by atoms with van der Waals surface area (Å²) < 4.78 is 16.1. The van der Waals surface area contributed by atoms with E-state index in [2.05, 4.69) is 5.32 Å². The summed E-state index contributed by atoms with van der Waals surface area (Å²) in [6, 6.07) is 24.2. The number of amides is 3. The Balaban J connectivity index is 1.76. The quantitative estimate of drug-likeness (QED) is 0.0747. The van der Waals surface area contributed by atoms with Crippen molar-refractivity contribution in [3.05, 3.63) is 108 Å². The molecule has 51 heavy (non-hydrogen) atoms. The van der Waals surface area contributed by atoms with E-state index >= 15 is 0 Å². The van der Waals surface area contributed by atoms with Crippen LogP contribution < -0.4 is 5.32 Å². The summed E-state index contributed by atoms with van der Waals surface area (Å²) in [7, 11) is 1.35. The number of hydrogen-bond donors (Lipinski definition) is 3. The first-order valence-corrected chi connectivity index (χ1v) is 16.5. The lowest BCUT2D eigenvalue weighted by Gasteiger charge is -2.30. The Labute approximate surface area is 298 Å². The number of carbonyl (C=O) groups is 5. The molecule has 2 atom stereocenters. The summed E-state index contributed by atoms with van der Waals surface area (Å²) in [5.41, 5.74) is 1.28. The van der Waals surface area contributed by atoms with Gasteiger partial charge in [-0.25, -0.2) is 14.4 Å². The molecule has 0 aliphatic heterocycles. The fourth-order valence-electron chi connectivity index (χ4n) is 4.94. The molecule has 0 spiro atoms. The van der Waals surface area contributed by atoms with Crippen LogP contribution in [0.4, 0.5) is 9.59 Å². The Morgan fingerprint density at radius 3 is 1.82 bits per heavy atom. The van der Waals surface area contributed by atoms with E-state index < -0.39 is 54.1 Å². The minimum Gasteiger partial charge on any atom is -0.480 e. The lowest BCUT2D eigenvalue weighted by molar-refractivity contribution is -0.149. The molecule has 3 rings (SSSR count). The van der Waals surface area contributed by atoms with E-state index in [4.69, 9.17) is 19.6 Å². The van der Waals surface area contributed by atoms with Crippen molar-refractivity contribution in [2.75, 3.05) is 13.6 Å². The van der Waals surface area contributed by atoms with Gasteiger partial charge in [0.1, 0.15) is 43.2 Å². The van der Waals surface area contributed by atoms with Crippen LogP contribution in [0.1, 0.15) is 56.7 Å². The highest BCUT2D eigenvalue weighted by atomic mass is 16.6. The number of likely N-dealkylation sites (N-methyl/N-ethyl adjacent to an activating group) is 1. The largest absolute Gasteiger partial charge is 0.480 e. The van der Waals surface area contributed by atoms with Crippen molar-refractivity contribution < 1.29 is 43.3 Å². The second-order valence-corrected chi connectivity index (χ2v) is 12.8. The molecule has 13 nitrogen and oxygen atoms in total. The molecule has 3 aromatic carbocycles. The first-order chi connectivity index (χ1) is 24.2. The third-order valence-electron chi connectivity index (χ3n) is 7.54. The number of benzene rings is 3. The van der Waals surface area contributed by atoms with Crippen LogP contribution in [0, 0.1) is 5.41 Å². The molecule has 13 heteroatoms. The van der Waals surface area contributed by atoms with E-state index in [9.17, 15) is 29.1 Å². The third-order valence-corrected chi connectivity index (χ3v) is 7.54. The maximum Gasteiger partial charge on any atom is 0.415 e. The summed E-state index contributed by atoms with van der Waals surface area (Å²) in [4.78, 5) is 66.9. The van der Waals surface area contributed by atoms with Crippen molar-refractivity contribution in [3.8, 4) is 0 Å². The molecule has 0 aliphatic rings. The number of nitrogens with one attached hydrogen (secondary N) is 2. The van der Waals surface area contributed by atoms with Gasteiger partial charge in [-0.05, 0) is 50.3 Å². The number of aliphatic carboxylic acids is 1. The van der Waals surface area contributed by atoms with Crippen LogP contribution >= 0.6 is 0 Å². The maximum atomic E-state index is 13.8. The monoisotopic (exact) mass is 702 g/mol. The van der Waals surface area contributed by atoms with Gasteiger partial charge in [-0.3, -0.25) is 19.9 Å². The number of nitrogens with zero attached hydrogens (tertiary/aromatic N) is 2. The molecule has 3 aromatic rings. The molecular formula is C38H46N4O9. The van der Waals surface area contributed by atoms with Crippen molar-refractivity contribution >= 4 is 35.9 Å². The number of ether oxygens (including phenoxy) is 3. The average molecular weight is 703 g/mol. The normalized spacial score (nSPS) is 12.1. The van der Waals surface area contributed by atoms with E-state index in [0.717, 1.165) is 15.4 Å². The first-order valence-electron chi connectivity index (χ1n) is 16.5. The van der Waals surface area contributed by atoms with Gasteiger partial charge in [-0.1, -0.05) is 91.0 Å². The molecule has 0 bridgehead atoms. The fraction of sp³-hybridized carbons (Fsp3) is 0.368. The molecule has 0 radical (unpaired) electrons. The summed E-state index contributed by atoms with van der Waals surface area (Å²) in [6.45, 7) is 4.70. The lowest BCUT2D eigenvalue weighted by Crippen LogP contribution is -2.53. The smallest absolute Gasteiger partial charge is 0.415 e. The van der Waals surface area contributed by atoms with Crippen molar-refractivity contribution in [1.82, 2.24) is 15.1 Å². The van der Waals surface area contributed by atoms with Gasteiger partial charge in [0.2, 0.25) is 5.91 Å². The third kappa shape index (κ3) is 14.0. The number of carboxylic acids is 1. The van der Waals surface area contributed by atoms with E-state index in [-0.39, 0.29) is 44.9 Å². The molecular weight excluding hydrogens is 656 g/mol. The fourth-order valence-corrected chi connectivity index (χ4v) is 4.94. The van der Waals surface area contributed by atoms with Crippen LogP contribution in [0.25, 0.3) is 0 Å². The molecule has 0 saturated heterocycles. The Morgan fingerprint density at radius 2 is 1.31 bits per heavy atom. The van der Waals surface area contributed by atoms with Gasteiger partial charge in [0, 0.05) is 20.0 Å². The highest BCUT2D eigenvalue weighted by Gasteiger charge is 2.33. The van der Waals surface area contributed by atoms with Crippen LogP contribution in [0.3, 0.4) is 0 Å². The minimum atomic E-state index is -1.25. The van der Waals surface area contributed by atoms with E-state index in [0.29, 0.717) is 11.1 Å². The van der Waals surface area contributed by atoms with Gasteiger partial charge in [0.05, 0.1) is 0 Å². The zero-order valence-corrected chi connectivity index (χ0v) is 29.4. The average Bonchev–Trinajstić information content (AvgIpc) is 3.09. The molecule has 0 heterocycles. The molecule has 0 unspecified atom stereocenters. The van der Waals surface area contributed by atoms with Crippen LogP contribution in [0.15, 0.2) is 91.0 Å². The molecule has 3 N–H and O–H groups in total. The van der Waals surface area contributed by atoms with Crippen molar-refractivity contribution in [1.29, 1.82) is 5.41 Å². The van der Waals surface area contributed by atoms with Crippen molar-refractivity contribution in [2.24, 2.45) is 0 Å². The molecule has 0 aliphatic carbocycles. The van der Waals surface area contributed by atoms with Gasteiger partial charge in [-0.15, -0.1) is 0 Å². The number of carboxylic acid groups (broad SMARTS) is 1. The Kier molecular flexibility index (Phi) is 15.2. The zero-order valence-electron chi connectivity index (χ0n) is 29.4. The number of rotatable bonds is 16. The van der Waals surface area contributed by atoms with Gasteiger partial charge >= 0.3 is 24.1 Å². The Morgan fingerprint density at radius 1 is 0.804 bits per heavy atom. The van der Waals surface area contributed by atoms with Gasteiger partial charge in [-0.2, -0.15) is 0 Å². The van der Waals surface area contributed by atoms with Gasteiger partial charge in [0.15, 0.2) is 0 Å². The van der Waals surface area contributed by atoms with Crippen molar-refractivity contribution in [2.45, 2.75) is 77.4 Å². The van der Waals surface area contributed by atoms with Gasteiger partial charge in [0.25, 0.3) is 0 Å². The summed E-state index contributed by atoms with van der Waals surface area (Å²) in [5, 5.41) is 21.2. The standard InChI is InChI=1S/C38H46N4O9/c1-38(2,3)51-36(47)40-30(34(44)41(4)31(35(45)46)23-27-15-8-5-9-16-27)21-14-22-42(37(48)50-26-29-19-12-7-13-20-29)32(39)24-33(43)49-25-28-17-10-6-11-18-28/h5-13,15-20,30-31,39H,14,21-26H2,1-4H3,(H,40,47)(H,45,46)/t30-,31-/m0/s1. The number of esters is 1. The predicted molar refractivity (Wildman–Crippen MR) is 189 cm³/mol. The minimum absolute atomic E-state index is 0.0132. The molecule has 0 fully saturated rings. The summed E-state index contributed by atoms with van der Waals surface area (Å²) in [6.07, 6.45) is -2.33. The van der Waals surface area contributed by atoms with Crippen molar-refractivity contribution in [3.63, 3.8) is 0 Å². The molecule has 272 valence electrons. The zero-order chi connectivity index (χ0) is 37.4. The summed E-state index contributed by atoms with van der Waals surface area (Å²) >= 11 is 0. The highest BCUT2D eigenvalue weighted by molar-refractivity contribution is 6.02. The predicted octanol–water partition coefficient (Wildman–Crippen LogP) is 5.56. The van der Waals surface area contributed by atoms with Gasteiger partial charge < -0.3 is 29.5 Å². The first kappa shape index (κ1) is 39.7. The molecule has 0 saturated carbocycles. The molecule has 0 aromatic heterocycles. The topological polar surface area (TPSA) is 176 Å². The molecule has 3 amide bonds.